The first-order valence-electron chi connectivity index (χ1n) is 12.2. The minimum atomic E-state index is -0.565. The highest BCUT2D eigenvalue weighted by molar-refractivity contribution is 6.67. The van der Waals surface area contributed by atoms with Gasteiger partial charge in [-0.15, -0.1) is 0 Å². The summed E-state index contributed by atoms with van der Waals surface area (Å²) in [4.78, 5) is 29.5. The Balaban J connectivity index is 1.69. The van der Waals surface area contributed by atoms with Crippen molar-refractivity contribution in [1.82, 2.24) is 9.55 Å². The molecule has 36 heavy (non-hydrogen) atoms. The number of aromatic nitrogens is 2. The summed E-state index contributed by atoms with van der Waals surface area (Å²) in [6.07, 6.45) is 1.80. The summed E-state index contributed by atoms with van der Waals surface area (Å²) in [7, 11) is 0. The van der Waals surface area contributed by atoms with Gasteiger partial charge in [0, 0.05) is 18.5 Å². The van der Waals surface area contributed by atoms with Gasteiger partial charge >= 0.3 is 5.97 Å². The Hall–Kier alpha value is -3.44. The van der Waals surface area contributed by atoms with E-state index in [-0.39, 0.29) is 5.97 Å². The molecule has 6 heteroatoms. The third kappa shape index (κ3) is 5.52. The fourth-order valence-electron chi connectivity index (χ4n) is 4.36. The predicted molar refractivity (Wildman–Crippen MR) is 145 cm³/mol. The van der Waals surface area contributed by atoms with Gasteiger partial charge in [0.2, 0.25) is 0 Å². The van der Waals surface area contributed by atoms with Gasteiger partial charge in [0.05, 0.1) is 16.6 Å². The molecule has 0 atom stereocenters. The lowest BCUT2D eigenvalue weighted by Gasteiger charge is -2.20. The van der Waals surface area contributed by atoms with Crippen LogP contribution in [0.1, 0.15) is 71.8 Å². The molecular formula is C30H31ClN2O3. The molecule has 5 nitrogen and oxygen atoms in total. The fourth-order valence-corrected chi connectivity index (χ4v) is 4.47. The molecule has 4 aromatic rings. The van der Waals surface area contributed by atoms with Crippen molar-refractivity contribution in [2.45, 2.75) is 59.6 Å². The van der Waals surface area contributed by atoms with Crippen LogP contribution in [0.3, 0.4) is 0 Å². The summed E-state index contributed by atoms with van der Waals surface area (Å²) in [6, 6.07) is 19.3. The van der Waals surface area contributed by atoms with Crippen LogP contribution in [-0.2, 0) is 17.7 Å². The lowest BCUT2D eigenvalue weighted by Crippen LogP contribution is -2.24. The van der Waals surface area contributed by atoms with Crippen molar-refractivity contribution in [3.8, 4) is 11.1 Å². The molecule has 0 unspecified atom stereocenters. The molecule has 1 aromatic heterocycles. The van der Waals surface area contributed by atoms with Crippen molar-refractivity contribution >= 4 is 33.8 Å². The zero-order chi connectivity index (χ0) is 26.0. The smallest absolute Gasteiger partial charge is 0.339 e. The third-order valence-corrected chi connectivity index (χ3v) is 6.19. The minimum Gasteiger partial charge on any atom is -0.456 e. The topological polar surface area (TPSA) is 61.2 Å². The first kappa shape index (κ1) is 25.6. The van der Waals surface area contributed by atoms with E-state index in [9.17, 15) is 9.59 Å². The number of carbonyl (C=O) groups is 2. The van der Waals surface area contributed by atoms with Gasteiger partial charge in [0.15, 0.2) is 0 Å². The molecule has 4 rings (SSSR count). The van der Waals surface area contributed by atoms with Crippen LogP contribution in [0.5, 0.6) is 0 Å². The molecule has 186 valence electrons. The number of carbonyl (C=O) groups excluding carboxylic acids is 2. The highest BCUT2D eigenvalue weighted by Gasteiger charge is 2.21. The average molecular weight is 503 g/mol. The molecule has 0 N–H and O–H groups in total. The second-order valence-corrected chi connectivity index (χ2v) is 10.4. The molecule has 0 spiro atoms. The Bertz CT molecular complexity index is 1430. The fraction of sp³-hybridized carbons (Fsp3) is 0.300. The standard InChI is InChI=1S/C30H31ClN2O3/c1-6-9-26-32-27-19(2)16-22(28(31)34)17-25(27)33(26)18-20-12-14-21(15-13-20)23-10-7-8-11-24(23)29(35)36-30(3,4)5/h7-8,10-17H,6,9,18H2,1-5H3. The highest BCUT2D eigenvalue weighted by Crippen LogP contribution is 2.28. The van der Waals surface area contributed by atoms with Crippen LogP contribution in [0, 0.1) is 6.92 Å². The maximum absolute atomic E-state index is 12.8. The van der Waals surface area contributed by atoms with Crippen molar-refractivity contribution in [3.05, 3.63) is 88.7 Å². The van der Waals surface area contributed by atoms with Crippen molar-refractivity contribution < 1.29 is 14.3 Å². The van der Waals surface area contributed by atoms with Crippen LogP contribution >= 0.6 is 11.6 Å². The first-order valence-corrected chi connectivity index (χ1v) is 12.6. The summed E-state index contributed by atoms with van der Waals surface area (Å²) in [5.41, 5.74) is 6.04. The van der Waals surface area contributed by atoms with Crippen molar-refractivity contribution in [3.63, 3.8) is 0 Å². The first-order chi connectivity index (χ1) is 17.1. The zero-order valence-corrected chi connectivity index (χ0v) is 22.1. The number of esters is 1. The summed E-state index contributed by atoms with van der Waals surface area (Å²) in [6.45, 7) is 10.3. The van der Waals surface area contributed by atoms with Crippen LogP contribution in [0.15, 0.2) is 60.7 Å². The number of imidazole rings is 1. The normalized spacial score (nSPS) is 11.6. The Morgan fingerprint density at radius 2 is 1.72 bits per heavy atom. The van der Waals surface area contributed by atoms with Crippen molar-refractivity contribution in [2.24, 2.45) is 0 Å². The van der Waals surface area contributed by atoms with Crippen LogP contribution < -0.4 is 0 Å². The van der Waals surface area contributed by atoms with E-state index in [1.807, 2.05) is 64.1 Å². The van der Waals surface area contributed by atoms with Crippen LogP contribution in [-0.4, -0.2) is 26.4 Å². The van der Waals surface area contributed by atoms with Crippen molar-refractivity contribution in [2.75, 3.05) is 0 Å². The van der Waals surface area contributed by atoms with Crippen LogP contribution in [0.25, 0.3) is 22.2 Å². The molecule has 0 saturated heterocycles. The Labute approximate surface area is 217 Å². The molecule has 0 radical (unpaired) electrons. The van der Waals surface area contributed by atoms with E-state index in [1.54, 1.807) is 12.1 Å². The van der Waals surface area contributed by atoms with Gasteiger partial charge < -0.3 is 9.30 Å². The molecule has 0 aliphatic carbocycles. The lowest BCUT2D eigenvalue weighted by molar-refractivity contribution is 0.00703. The monoisotopic (exact) mass is 502 g/mol. The van der Waals surface area contributed by atoms with E-state index in [4.69, 9.17) is 21.3 Å². The second-order valence-electron chi connectivity index (χ2n) is 10.0. The van der Waals surface area contributed by atoms with Gasteiger partial charge in [-0.2, -0.15) is 0 Å². The maximum Gasteiger partial charge on any atom is 0.339 e. The number of ether oxygens (including phenoxy) is 1. The van der Waals surface area contributed by atoms with E-state index in [0.29, 0.717) is 17.7 Å². The maximum atomic E-state index is 12.8. The van der Waals surface area contributed by atoms with Crippen molar-refractivity contribution in [1.29, 1.82) is 0 Å². The largest absolute Gasteiger partial charge is 0.456 e. The molecule has 0 saturated carbocycles. The van der Waals surface area contributed by atoms with E-state index in [2.05, 4.69) is 23.6 Å². The van der Waals surface area contributed by atoms with Gasteiger partial charge in [0.25, 0.3) is 5.24 Å². The Morgan fingerprint density at radius 3 is 2.36 bits per heavy atom. The number of hydrogen-bond donors (Lipinski definition) is 0. The molecule has 0 amide bonds. The van der Waals surface area contributed by atoms with E-state index in [1.165, 1.54) is 0 Å². The molecular weight excluding hydrogens is 472 g/mol. The summed E-state index contributed by atoms with van der Waals surface area (Å²) >= 11 is 5.80. The quantitative estimate of drug-likeness (QED) is 0.196. The van der Waals surface area contributed by atoms with Gasteiger partial charge in [-0.1, -0.05) is 49.4 Å². The Morgan fingerprint density at radius 1 is 1.03 bits per heavy atom. The van der Waals surface area contributed by atoms with Crippen LogP contribution in [0.2, 0.25) is 0 Å². The van der Waals surface area contributed by atoms with Gasteiger partial charge in [0.1, 0.15) is 11.4 Å². The number of halogens is 1. The molecule has 0 aliphatic heterocycles. The predicted octanol–water partition coefficient (Wildman–Crippen LogP) is 7.35. The molecule has 3 aromatic carbocycles. The average Bonchev–Trinajstić information content (AvgIpc) is 3.16. The Kier molecular flexibility index (Phi) is 7.32. The van der Waals surface area contributed by atoms with Gasteiger partial charge in [-0.3, -0.25) is 4.79 Å². The third-order valence-electron chi connectivity index (χ3n) is 5.98. The number of aryl methyl sites for hydroxylation is 2. The van der Waals surface area contributed by atoms with Gasteiger partial charge in [-0.05, 0) is 86.2 Å². The number of nitrogens with zero attached hydrogens (tertiary/aromatic N) is 2. The number of benzene rings is 3. The molecule has 0 bridgehead atoms. The van der Waals surface area contributed by atoms with Crippen LogP contribution in [0.4, 0.5) is 0 Å². The summed E-state index contributed by atoms with van der Waals surface area (Å²) < 4.78 is 7.78. The number of hydrogen-bond acceptors (Lipinski definition) is 4. The van der Waals surface area contributed by atoms with E-state index in [0.717, 1.165) is 52.0 Å². The van der Waals surface area contributed by atoms with E-state index < -0.39 is 10.8 Å². The minimum absolute atomic E-state index is 0.337. The SMILES string of the molecule is CCCc1nc2c(C)cc(C(=O)Cl)cc2n1Cc1ccc(-c2ccccc2C(=O)OC(C)(C)C)cc1. The zero-order valence-electron chi connectivity index (χ0n) is 21.4. The summed E-state index contributed by atoms with van der Waals surface area (Å²) in [5.74, 6) is 0.644. The molecule has 1 heterocycles. The number of rotatable bonds is 7. The lowest BCUT2D eigenvalue weighted by atomic mass is 9.98. The second kappa shape index (κ2) is 10.3. The molecule has 0 aliphatic rings. The highest BCUT2D eigenvalue weighted by atomic mass is 35.5. The number of fused-ring (bicyclic) bond motifs is 1. The summed E-state index contributed by atoms with van der Waals surface area (Å²) in [5, 5.41) is -0.474. The van der Waals surface area contributed by atoms with Gasteiger partial charge in [-0.25, -0.2) is 9.78 Å². The molecule has 0 fully saturated rings. The van der Waals surface area contributed by atoms with E-state index >= 15 is 0 Å².